The van der Waals surface area contributed by atoms with Gasteiger partial charge in [-0.25, -0.2) is 4.68 Å². The van der Waals surface area contributed by atoms with Gasteiger partial charge >= 0.3 is 0 Å². The van der Waals surface area contributed by atoms with Crippen LogP contribution in [0.1, 0.15) is 16.8 Å². The topological polar surface area (TPSA) is 73.2 Å². The van der Waals surface area contributed by atoms with Gasteiger partial charge in [-0.1, -0.05) is 35.9 Å². The smallest absolute Gasteiger partial charge is 0.274 e. The minimum absolute atomic E-state index is 0.109. The van der Waals surface area contributed by atoms with Crippen molar-refractivity contribution in [1.82, 2.24) is 15.1 Å². The molecule has 140 valence electrons. The Kier molecular flexibility index (Phi) is 5.54. The molecule has 0 fully saturated rings. The summed E-state index contributed by atoms with van der Waals surface area (Å²) < 4.78 is 6.99. The third-order valence-electron chi connectivity index (χ3n) is 4.37. The van der Waals surface area contributed by atoms with Gasteiger partial charge in [0.25, 0.3) is 5.56 Å². The Morgan fingerprint density at radius 2 is 1.89 bits per heavy atom. The predicted octanol–water partition coefficient (Wildman–Crippen LogP) is 2.29. The van der Waals surface area contributed by atoms with Gasteiger partial charge in [0.1, 0.15) is 12.4 Å². The summed E-state index contributed by atoms with van der Waals surface area (Å²) in [6.45, 7) is 4.82. The highest BCUT2D eigenvalue weighted by Crippen LogP contribution is 2.18. The number of aryl methyl sites for hydroxylation is 3. The Bertz CT molecular complexity index is 1040. The zero-order valence-corrected chi connectivity index (χ0v) is 15.8. The second kappa shape index (κ2) is 8.03. The number of carbonyl (C=O) groups is 1. The van der Waals surface area contributed by atoms with E-state index in [-0.39, 0.29) is 17.9 Å². The Hall–Kier alpha value is -3.15. The number of nitrogens with zero attached hydrogens (tertiary/aromatic N) is 2. The van der Waals surface area contributed by atoms with Crippen molar-refractivity contribution in [1.29, 1.82) is 0 Å². The minimum atomic E-state index is -0.170. The molecule has 0 saturated heterocycles. The molecule has 0 radical (unpaired) electrons. The van der Waals surface area contributed by atoms with E-state index in [1.54, 1.807) is 19.2 Å². The van der Waals surface area contributed by atoms with E-state index < -0.39 is 0 Å². The van der Waals surface area contributed by atoms with Crippen molar-refractivity contribution >= 4 is 16.7 Å². The van der Waals surface area contributed by atoms with E-state index in [0.29, 0.717) is 29.6 Å². The average molecular weight is 365 g/mol. The number of rotatable bonds is 6. The van der Waals surface area contributed by atoms with Crippen molar-refractivity contribution in [2.75, 3.05) is 13.2 Å². The fourth-order valence-corrected chi connectivity index (χ4v) is 3.03. The second-order valence-corrected chi connectivity index (χ2v) is 6.57. The van der Waals surface area contributed by atoms with E-state index in [4.69, 9.17) is 4.74 Å². The van der Waals surface area contributed by atoms with Crippen LogP contribution in [0.3, 0.4) is 0 Å². The summed E-state index contributed by atoms with van der Waals surface area (Å²) in [5.41, 5.74) is 2.67. The Balaban J connectivity index is 1.59. The molecule has 1 aromatic heterocycles. The molecule has 0 aliphatic heterocycles. The Labute approximate surface area is 157 Å². The van der Waals surface area contributed by atoms with Gasteiger partial charge in [0.2, 0.25) is 5.91 Å². The fraction of sp³-hybridized carbons (Fsp3) is 0.286. The summed E-state index contributed by atoms with van der Waals surface area (Å²) in [4.78, 5) is 24.4. The van der Waals surface area contributed by atoms with E-state index in [2.05, 4.69) is 16.5 Å². The molecule has 27 heavy (non-hydrogen) atoms. The maximum absolute atomic E-state index is 12.3. The van der Waals surface area contributed by atoms with Crippen LogP contribution in [0.5, 0.6) is 5.75 Å². The van der Waals surface area contributed by atoms with Crippen molar-refractivity contribution in [2.45, 2.75) is 20.3 Å². The molecular formula is C21H23N3O3. The van der Waals surface area contributed by atoms with Crippen molar-refractivity contribution in [3.05, 3.63) is 69.6 Å². The molecule has 1 N–H and O–H groups in total. The number of benzene rings is 2. The maximum atomic E-state index is 12.3. The summed E-state index contributed by atoms with van der Waals surface area (Å²) in [6.07, 6.45) is 0.109. The lowest BCUT2D eigenvalue weighted by Crippen LogP contribution is -2.31. The van der Waals surface area contributed by atoms with Gasteiger partial charge in [0.15, 0.2) is 0 Å². The molecule has 3 rings (SSSR count). The van der Waals surface area contributed by atoms with Crippen molar-refractivity contribution in [2.24, 2.45) is 7.05 Å². The summed E-state index contributed by atoms with van der Waals surface area (Å²) in [7, 11) is 1.59. The van der Waals surface area contributed by atoms with Crippen LogP contribution in [0.4, 0.5) is 0 Å². The Morgan fingerprint density at radius 3 is 2.63 bits per heavy atom. The number of hydrogen-bond donors (Lipinski definition) is 1. The lowest BCUT2D eigenvalue weighted by molar-refractivity contribution is -0.120. The highest BCUT2D eigenvalue weighted by Gasteiger charge is 2.12. The van der Waals surface area contributed by atoms with Crippen molar-refractivity contribution < 1.29 is 9.53 Å². The number of carbonyl (C=O) groups excluding carboxylic acids is 1. The Morgan fingerprint density at radius 1 is 1.15 bits per heavy atom. The van der Waals surface area contributed by atoms with Crippen LogP contribution in [-0.2, 0) is 18.3 Å². The van der Waals surface area contributed by atoms with Gasteiger partial charge in [-0.05, 0) is 31.5 Å². The van der Waals surface area contributed by atoms with Crippen LogP contribution in [0.15, 0.2) is 47.3 Å². The van der Waals surface area contributed by atoms with Crippen molar-refractivity contribution in [3.8, 4) is 5.75 Å². The van der Waals surface area contributed by atoms with Gasteiger partial charge in [0.05, 0.1) is 24.0 Å². The molecular weight excluding hydrogens is 342 g/mol. The maximum Gasteiger partial charge on any atom is 0.274 e. The molecule has 0 aliphatic rings. The summed E-state index contributed by atoms with van der Waals surface area (Å²) in [5, 5.41) is 8.36. The monoisotopic (exact) mass is 365 g/mol. The first-order valence-electron chi connectivity index (χ1n) is 8.87. The van der Waals surface area contributed by atoms with E-state index in [1.165, 1.54) is 10.2 Å². The van der Waals surface area contributed by atoms with Gasteiger partial charge < -0.3 is 10.1 Å². The molecule has 6 nitrogen and oxygen atoms in total. The molecule has 6 heteroatoms. The highest BCUT2D eigenvalue weighted by atomic mass is 16.5. The number of hydrogen-bond acceptors (Lipinski definition) is 4. The number of ether oxygens (including phenoxy) is 1. The van der Waals surface area contributed by atoms with Crippen LogP contribution in [0.25, 0.3) is 10.8 Å². The molecule has 0 atom stereocenters. The lowest BCUT2D eigenvalue weighted by atomic mass is 10.1. The second-order valence-electron chi connectivity index (χ2n) is 6.57. The van der Waals surface area contributed by atoms with Gasteiger partial charge in [-0.15, -0.1) is 0 Å². The van der Waals surface area contributed by atoms with Gasteiger partial charge in [-0.2, -0.15) is 5.10 Å². The zero-order valence-electron chi connectivity index (χ0n) is 15.8. The third-order valence-corrected chi connectivity index (χ3v) is 4.37. The normalized spacial score (nSPS) is 10.8. The van der Waals surface area contributed by atoms with E-state index in [9.17, 15) is 9.59 Å². The largest absolute Gasteiger partial charge is 0.491 e. The molecule has 1 heterocycles. The SMILES string of the molecule is Cc1ccc(OCCNC(=O)Cc2nn(C)c(=O)c3ccccc23)c(C)c1. The molecule has 3 aromatic rings. The van der Waals surface area contributed by atoms with Crippen LogP contribution in [-0.4, -0.2) is 28.8 Å². The molecule has 0 saturated carbocycles. The van der Waals surface area contributed by atoms with Crippen molar-refractivity contribution in [3.63, 3.8) is 0 Å². The van der Waals surface area contributed by atoms with Gasteiger partial charge in [-0.3, -0.25) is 9.59 Å². The van der Waals surface area contributed by atoms with Gasteiger partial charge in [0, 0.05) is 12.4 Å². The first-order chi connectivity index (χ1) is 13.0. The lowest BCUT2D eigenvalue weighted by Gasteiger charge is -2.11. The first-order valence-corrected chi connectivity index (χ1v) is 8.87. The van der Waals surface area contributed by atoms with E-state index in [0.717, 1.165) is 11.3 Å². The van der Waals surface area contributed by atoms with Crippen LogP contribution < -0.4 is 15.6 Å². The number of amides is 1. The van der Waals surface area contributed by atoms with Crippen LogP contribution in [0, 0.1) is 13.8 Å². The van der Waals surface area contributed by atoms with E-state index in [1.807, 2.05) is 38.1 Å². The third kappa shape index (κ3) is 4.34. The molecule has 0 spiro atoms. The molecule has 0 bridgehead atoms. The average Bonchev–Trinajstić information content (AvgIpc) is 2.64. The predicted molar refractivity (Wildman–Crippen MR) is 105 cm³/mol. The quantitative estimate of drug-likeness (QED) is 0.680. The molecule has 1 amide bonds. The molecule has 2 aromatic carbocycles. The standard InChI is InChI=1S/C21H23N3O3/c1-14-8-9-19(15(2)12-14)27-11-10-22-20(25)13-18-16-6-4-5-7-17(16)21(26)24(3)23-18/h4-9,12H,10-11,13H2,1-3H3,(H,22,25). The summed E-state index contributed by atoms with van der Waals surface area (Å²) in [6, 6.07) is 13.2. The number of aromatic nitrogens is 2. The fourth-order valence-electron chi connectivity index (χ4n) is 3.03. The summed E-state index contributed by atoms with van der Waals surface area (Å²) >= 11 is 0. The molecule has 0 aliphatic carbocycles. The van der Waals surface area contributed by atoms with Crippen LogP contribution in [0.2, 0.25) is 0 Å². The molecule has 0 unspecified atom stereocenters. The minimum Gasteiger partial charge on any atom is -0.491 e. The van der Waals surface area contributed by atoms with Crippen LogP contribution >= 0.6 is 0 Å². The first kappa shape index (κ1) is 18.6. The van der Waals surface area contributed by atoms with E-state index >= 15 is 0 Å². The number of fused-ring (bicyclic) bond motifs is 1. The summed E-state index contributed by atoms with van der Waals surface area (Å²) in [5.74, 6) is 0.663. The number of nitrogens with one attached hydrogen (secondary N) is 1. The zero-order chi connectivity index (χ0) is 19.4. The highest BCUT2D eigenvalue weighted by molar-refractivity contribution is 5.88.